The van der Waals surface area contributed by atoms with Crippen LogP contribution in [0.5, 0.6) is 0 Å². The highest BCUT2D eigenvalue weighted by Crippen LogP contribution is 2.46. The van der Waals surface area contributed by atoms with Gasteiger partial charge in [0, 0.05) is 18.1 Å². The van der Waals surface area contributed by atoms with E-state index in [4.69, 9.17) is 13.6 Å². The molecule has 0 saturated heterocycles. The Kier molecular flexibility index (Phi) is 15.4. The van der Waals surface area contributed by atoms with Crippen LogP contribution < -0.4 is 0 Å². The molecule has 0 spiro atoms. The first-order valence-corrected chi connectivity index (χ1v) is 20.6. The minimum absolute atomic E-state index is 0.00781. The highest BCUT2D eigenvalue weighted by molar-refractivity contribution is 6.78. The summed E-state index contributed by atoms with van der Waals surface area (Å²) in [6.07, 6.45) is 6.69. The fourth-order valence-corrected chi connectivity index (χ4v) is 19.3. The maximum atomic E-state index is 12.1. The fourth-order valence-electron chi connectivity index (χ4n) is 8.16. The summed E-state index contributed by atoms with van der Waals surface area (Å²) < 4.78 is 20.3. The Balaban J connectivity index is 3.36. The van der Waals surface area contributed by atoms with Gasteiger partial charge in [0.1, 0.15) is 6.10 Å². The summed E-state index contributed by atoms with van der Waals surface area (Å²) in [6, 6.07) is 0. The summed E-state index contributed by atoms with van der Waals surface area (Å²) in [5.74, 6) is 0.249. The molecule has 0 aromatic carbocycles. The van der Waals surface area contributed by atoms with E-state index in [1.54, 1.807) is 6.08 Å². The van der Waals surface area contributed by atoms with Crippen molar-refractivity contribution in [3.8, 4) is 0 Å². The summed E-state index contributed by atoms with van der Waals surface area (Å²) in [4.78, 5) is 12.1. The van der Waals surface area contributed by atoms with Crippen LogP contribution >= 0.6 is 0 Å². The van der Waals surface area contributed by atoms with Gasteiger partial charge in [0.25, 0.3) is 0 Å². The molecule has 7 heteroatoms. The molecule has 0 amide bonds. The van der Waals surface area contributed by atoms with Gasteiger partial charge in [-0.05, 0) is 64.8 Å². The first-order chi connectivity index (χ1) is 18.5. The molecule has 0 unspecified atom stereocenters. The molecular formula is C33H66O5Si2. The maximum Gasteiger partial charge on any atom is 0.330 e. The van der Waals surface area contributed by atoms with Crippen LogP contribution in [0.15, 0.2) is 12.2 Å². The fraction of sp³-hybridized carbons (Fsp3) is 0.909. The van der Waals surface area contributed by atoms with E-state index in [9.17, 15) is 9.90 Å². The van der Waals surface area contributed by atoms with Gasteiger partial charge < -0.3 is 18.7 Å². The molecule has 1 aliphatic heterocycles. The second kappa shape index (κ2) is 16.4. The second-order valence-corrected chi connectivity index (χ2v) is 25.2. The van der Waals surface area contributed by atoms with Gasteiger partial charge in [0.05, 0.1) is 12.7 Å². The van der Waals surface area contributed by atoms with Crippen molar-refractivity contribution in [1.29, 1.82) is 0 Å². The summed E-state index contributed by atoms with van der Waals surface area (Å²) in [7, 11) is -4.32. The van der Waals surface area contributed by atoms with Gasteiger partial charge in [-0.25, -0.2) is 4.79 Å². The van der Waals surface area contributed by atoms with Crippen molar-refractivity contribution in [1.82, 2.24) is 0 Å². The monoisotopic (exact) mass is 598 g/mol. The van der Waals surface area contributed by atoms with Gasteiger partial charge >= 0.3 is 5.97 Å². The average molecular weight is 599 g/mol. The number of esters is 1. The molecule has 0 aromatic heterocycles. The average Bonchev–Trinajstić information content (AvgIpc) is 2.85. The summed E-state index contributed by atoms with van der Waals surface area (Å²) in [5.41, 5.74) is 2.80. The Morgan fingerprint density at radius 2 is 1.18 bits per heavy atom. The van der Waals surface area contributed by atoms with Crippen molar-refractivity contribution in [3.05, 3.63) is 12.2 Å². The maximum absolute atomic E-state index is 12.1. The van der Waals surface area contributed by atoms with Crippen molar-refractivity contribution < 1.29 is 23.5 Å². The van der Waals surface area contributed by atoms with E-state index in [2.05, 4.69) is 96.9 Å². The van der Waals surface area contributed by atoms with E-state index in [1.807, 2.05) is 6.08 Å². The smallest absolute Gasteiger partial charge is 0.330 e. The van der Waals surface area contributed by atoms with Crippen LogP contribution in [0.2, 0.25) is 33.2 Å². The minimum Gasteiger partial charge on any atom is -0.458 e. The van der Waals surface area contributed by atoms with Crippen molar-refractivity contribution in [2.75, 3.05) is 6.61 Å². The molecule has 40 heavy (non-hydrogen) atoms. The Bertz CT molecular complexity index is 733. The van der Waals surface area contributed by atoms with Gasteiger partial charge in [-0.2, -0.15) is 0 Å². The molecule has 0 aromatic rings. The highest BCUT2D eigenvalue weighted by atomic mass is 28.4. The number of hydrogen-bond acceptors (Lipinski definition) is 5. The molecule has 1 aliphatic rings. The molecule has 1 rings (SSSR count). The lowest BCUT2D eigenvalue weighted by Crippen LogP contribution is -2.53. The van der Waals surface area contributed by atoms with Crippen LogP contribution in [0.4, 0.5) is 0 Å². The Labute approximate surface area is 250 Å². The zero-order valence-corrected chi connectivity index (χ0v) is 30.6. The van der Waals surface area contributed by atoms with Crippen LogP contribution in [0.1, 0.15) is 123 Å². The van der Waals surface area contributed by atoms with Crippen LogP contribution in [0.25, 0.3) is 0 Å². The number of cyclic esters (lactones) is 1. The number of ether oxygens (including phenoxy) is 1. The predicted octanol–water partition coefficient (Wildman–Crippen LogP) is 9.41. The normalized spacial score (nSPS) is 21.3. The highest BCUT2D eigenvalue weighted by Gasteiger charge is 2.49. The molecule has 1 N–H and O–H groups in total. The standard InChI is InChI=1S/C33H66O5Si2/c1-15-29-17-19-32(35)36-33(29)28(14)16-18-30(37-39(22(2)3,23(4)5)24(6)7)20-31(21-34)38-40(25(8)9,26(10)11)27(12)13/h17,19,22-31,33-34H,15-16,18,20-21H2,1-14H3/t28-,29-,30-,31+,33-/m1/s1. The van der Waals surface area contributed by atoms with Crippen molar-refractivity contribution in [2.24, 2.45) is 11.8 Å². The molecule has 5 nitrogen and oxygen atoms in total. The second-order valence-electron chi connectivity index (χ2n) is 14.4. The van der Waals surface area contributed by atoms with E-state index in [0.29, 0.717) is 39.7 Å². The largest absolute Gasteiger partial charge is 0.458 e. The van der Waals surface area contributed by atoms with E-state index in [1.165, 1.54) is 0 Å². The molecular weight excluding hydrogens is 533 g/mol. The lowest BCUT2D eigenvalue weighted by molar-refractivity contribution is -0.150. The predicted molar refractivity (Wildman–Crippen MR) is 175 cm³/mol. The Morgan fingerprint density at radius 1 is 0.750 bits per heavy atom. The summed E-state index contributed by atoms with van der Waals surface area (Å²) in [6.45, 7) is 32.2. The molecule has 0 bridgehead atoms. The van der Waals surface area contributed by atoms with E-state index in [-0.39, 0.29) is 42.7 Å². The number of carbonyl (C=O) groups excluding carboxylic acids is 1. The zero-order valence-electron chi connectivity index (χ0n) is 28.6. The third-order valence-electron chi connectivity index (χ3n) is 10.0. The quantitative estimate of drug-likeness (QED) is 0.126. The first kappa shape index (κ1) is 37.5. The third-order valence-corrected chi connectivity index (χ3v) is 22.3. The van der Waals surface area contributed by atoms with Crippen LogP contribution in [-0.4, -0.2) is 52.6 Å². The van der Waals surface area contributed by atoms with Gasteiger partial charge in [-0.1, -0.05) is 103 Å². The number of hydrogen-bond donors (Lipinski definition) is 1. The molecule has 0 fully saturated rings. The number of aliphatic hydroxyl groups is 1. The zero-order chi connectivity index (χ0) is 31.0. The van der Waals surface area contributed by atoms with Gasteiger partial charge in [-0.3, -0.25) is 0 Å². The van der Waals surface area contributed by atoms with E-state index >= 15 is 0 Å². The Morgan fingerprint density at radius 3 is 1.55 bits per heavy atom. The number of aliphatic hydroxyl groups excluding tert-OH is 1. The lowest BCUT2D eigenvalue weighted by atomic mass is 9.85. The van der Waals surface area contributed by atoms with E-state index in [0.717, 1.165) is 19.3 Å². The van der Waals surface area contributed by atoms with Gasteiger partial charge in [0.15, 0.2) is 0 Å². The summed E-state index contributed by atoms with van der Waals surface area (Å²) >= 11 is 0. The van der Waals surface area contributed by atoms with E-state index < -0.39 is 16.6 Å². The molecule has 1 heterocycles. The summed E-state index contributed by atoms with van der Waals surface area (Å²) in [5, 5.41) is 10.7. The molecule has 5 atom stereocenters. The SMILES string of the molecule is CC[C@@H]1C=CC(=O)O[C@@H]1[C@H](C)CC[C@H](C[C@@H](CO)O[Si](C(C)C)(C(C)C)C(C)C)O[Si](C(C)C)(C(C)C)C(C)C. The van der Waals surface area contributed by atoms with Crippen molar-refractivity contribution in [2.45, 2.75) is 174 Å². The topological polar surface area (TPSA) is 65.0 Å². The molecule has 236 valence electrons. The molecule has 0 saturated carbocycles. The lowest BCUT2D eigenvalue weighted by Gasteiger charge is -2.47. The van der Waals surface area contributed by atoms with Gasteiger partial charge in [-0.15, -0.1) is 0 Å². The third kappa shape index (κ3) is 8.78. The van der Waals surface area contributed by atoms with Gasteiger partial charge in [0.2, 0.25) is 16.6 Å². The van der Waals surface area contributed by atoms with Crippen molar-refractivity contribution >= 4 is 22.6 Å². The molecule has 0 aliphatic carbocycles. The Hall–Kier alpha value is -0.476. The number of carbonyl (C=O) groups is 1. The van der Waals surface area contributed by atoms with Crippen LogP contribution in [-0.2, 0) is 18.4 Å². The first-order valence-electron chi connectivity index (χ1n) is 16.4. The molecule has 0 radical (unpaired) electrons. The van der Waals surface area contributed by atoms with Crippen LogP contribution in [0.3, 0.4) is 0 Å². The number of rotatable bonds is 18. The van der Waals surface area contributed by atoms with Crippen molar-refractivity contribution in [3.63, 3.8) is 0 Å². The minimum atomic E-state index is -2.17. The van der Waals surface area contributed by atoms with Crippen LogP contribution in [0, 0.1) is 11.8 Å².